The van der Waals surface area contributed by atoms with Crippen molar-refractivity contribution in [3.8, 4) is 0 Å². The summed E-state index contributed by atoms with van der Waals surface area (Å²) in [5.74, 6) is 0.0210. The average molecular weight is 227 g/mol. The maximum Gasteiger partial charge on any atom is 0.158 e. The van der Waals surface area contributed by atoms with E-state index in [9.17, 15) is 4.79 Å². The highest BCUT2D eigenvalue weighted by molar-refractivity contribution is 5.91. The van der Waals surface area contributed by atoms with Crippen LogP contribution >= 0.6 is 0 Å². The fraction of sp³-hybridized carbons (Fsp3) is 0.750. The van der Waals surface area contributed by atoms with Crippen LogP contribution in [-0.2, 0) is 9.78 Å². The maximum absolute atomic E-state index is 11.7. The number of rotatable bonds is 3. The Labute approximate surface area is 96.8 Å². The third-order valence-electron chi connectivity index (χ3n) is 3.28. The molecule has 1 saturated heterocycles. The normalized spacial score (nSPS) is 25.3. The number of carbonyl (C=O) groups is 1. The van der Waals surface area contributed by atoms with Crippen molar-refractivity contribution in [3.63, 3.8) is 0 Å². The number of piperidine rings is 1. The molecule has 0 aromatic rings. The zero-order valence-corrected chi connectivity index (χ0v) is 10.5. The highest BCUT2D eigenvalue weighted by Gasteiger charge is 2.48. The fourth-order valence-electron chi connectivity index (χ4n) is 2.85. The van der Waals surface area contributed by atoms with Crippen molar-refractivity contribution in [2.75, 3.05) is 0 Å². The van der Waals surface area contributed by atoms with Gasteiger partial charge in [0.2, 0.25) is 0 Å². The van der Waals surface area contributed by atoms with Gasteiger partial charge in [0.1, 0.15) is 0 Å². The average Bonchev–Trinajstić information content (AvgIpc) is 2.13. The van der Waals surface area contributed by atoms with Gasteiger partial charge in [0.25, 0.3) is 0 Å². The van der Waals surface area contributed by atoms with Gasteiger partial charge in [-0.3, -0.25) is 4.79 Å². The molecule has 0 unspecified atom stereocenters. The minimum absolute atomic E-state index is 0.0473. The summed E-state index contributed by atoms with van der Waals surface area (Å²) >= 11 is 0. The van der Waals surface area contributed by atoms with Gasteiger partial charge < -0.3 is 0 Å². The molecule has 92 valence electrons. The summed E-state index contributed by atoms with van der Waals surface area (Å²) in [5, 5.41) is 10.5. The Morgan fingerprint density at radius 3 is 2.12 bits per heavy atom. The van der Waals surface area contributed by atoms with Gasteiger partial charge >= 0.3 is 0 Å². The molecule has 0 amide bonds. The van der Waals surface area contributed by atoms with Gasteiger partial charge in [-0.2, -0.15) is 0 Å². The molecule has 0 saturated carbocycles. The summed E-state index contributed by atoms with van der Waals surface area (Å²) in [7, 11) is 0. The molecule has 16 heavy (non-hydrogen) atoms. The van der Waals surface area contributed by atoms with Crippen LogP contribution in [-0.4, -0.2) is 27.2 Å². The Kier molecular flexibility index (Phi) is 3.57. The van der Waals surface area contributed by atoms with E-state index in [1.54, 1.807) is 5.06 Å². The van der Waals surface area contributed by atoms with Crippen LogP contribution < -0.4 is 0 Å². The zero-order chi connectivity index (χ0) is 12.6. The lowest BCUT2D eigenvalue weighted by molar-refractivity contribution is -0.454. The molecule has 1 heterocycles. The first kappa shape index (κ1) is 13.4. The van der Waals surface area contributed by atoms with Crippen LogP contribution in [0.4, 0.5) is 0 Å². The van der Waals surface area contributed by atoms with E-state index >= 15 is 0 Å². The highest BCUT2D eigenvalue weighted by Crippen LogP contribution is 2.41. The van der Waals surface area contributed by atoms with E-state index in [1.165, 1.54) is 6.08 Å². The molecule has 0 spiro atoms. The van der Waals surface area contributed by atoms with Crippen molar-refractivity contribution >= 4 is 5.78 Å². The number of nitrogens with zero attached hydrogens (tertiary/aromatic N) is 1. The first-order chi connectivity index (χ1) is 7.24. The van der Waals surface area contributed by atoms with Gasteiger partial charge in [0, 0.05) is 17.0 Å². The summed E-state index contributed by atoms with van der Waals surface area (Å²) in [6.45, 7) is 11.3. The third kappa shape index (κ3) is 2.34. The van der Waals surface area contributed by atoms with E-state index in [1.807, 2.05) is 27.7 Å². The molecule has 0 radical (unpaired) electrons. The Hall–Kier alpha value is -0.710. The summed E-state index contributed by atoms with van der Waals surface area (Å²) in [6, 6.07) is 0. The molecule has 0 aromatic carbocycles. The Morgan fingerprint density at radius 2 is 1.81 bits per heavy atom. The lowest BCUT2D eigenvalue weighted by Crippen LogP contribution is -2.60. The van der Waals surface area contributed by atoms with E-state index in [2.05, 4.69) is 11.6 Å². The molecule has 4 nitrogen and oxygen atoms in total. The predicted octanol–water partition coefficient (Wildman–Crippen LogP) is 2.42. The zero-order valence-electron chi connectivity index (χ0n) is 10.5. The van der Waals surface area contributed by atoms with E-state index in [4.69, 9.17) is 5.26 Å². The molecule has 4 heteroatoms. The van der Waals surface area contributed by atoms with Crippen LogP contribution in [0.1, 0.15) is 40.5 Å². The van der Waals surface area contributed by atoms with Gasteiger partial charge in [-0.15, -0.1) is 10.1 Å². The van der Waals surface area contributed by atoms with Crippen LogP contribution in [0.5, 0.6) is 0 Å². The van der Waals surface area contributed by atoms with Crippen LogP contribution in [0.25, 0.3) is 0 Å². The van der Waals surface area contributed by atoms with Gasteiger partial charge in [0.15, 0.2) is 5.78 Å². The van der Waals surface area contributed by atoms with E-state index in [-0.39, 0.29) is 22.8 Å². The van der Waals surface area contributed by atoms with Crippen LogP contribution in [0.3, 0.4) is 0 Å². The third-order valence-corrected chi connectivity index (χ3v) is 3.28. The monoisotopic (exact) mass is 227 g/mol. The highest BCUT2D eigenvalue weighted by atomic mass is 17.2. The van der Waals surface area contributed by atoms with Gasteiger partial charge in [-0.1, -0.05) is 6.58 Å². The molecule has 0 aliphatic carbocycles. The summed E-state index contributed by atoms with van der Waals surface area (Å²) in [4.78, 5) is 16.2. The lowest BCUT2D eigenvalue weighted by atomic mass is 9.74. The van der Waals surface area contributed by atoms with Crippen molar-refractivity contribution in [1.29, 1.82) is 0 Å². The lowest BCUT2D eigenvalue weighted by Gasteiger charge is -2.51. The molecule has 0 aromatic heterocycles. The van der Waals surface area contributed by atoms with Crippen molar-refractivity contribution in [2.24, 2.45) is 5.92 Å². The number of carbonyl (C=O) groups excluding carboxylic acids is 1. The van der Waals surface area contributed by atoms with Crippen molar-refractivity contribution in [2.45, 2.75) is 51.6 Å². The fourth-order valence-corrected chi connectivity index (χ4v) is 2.85. The molecule has 1 N–H and O–H groups in total. The second-order valence-corrected chi connectivity index (χ2v) is 5.71. The summed E-state index contributed by atoms with van der Waals surface area (Å²) in [6.07, 6.45) is 2.69. The second kappa shape index (κ2) is 4.28. The number of ketones is 1. The smallest absolute Gasteiger partial charge is 0.158 e. The Balaban J connectivity index is 2.97. The minimum atomic E-state index is -0.375. The van der Waals surface area contributed by atoms with Gasteiger partial charge in [0.05, 0.1) is 0 Å². The molecule has 0 atom stereocenters. The molecule has 1 aliphatic rings. The number of hydrogen-bond acceptors (Lipinski definition) is 4. The molecular weight excluding hydrogens is 206 g/mol. The Bertz CT molecular complexity index is 279. The van der Waals surface area contributed by atoms with Crippen LogP contribution in [0, 0.1) is 5.92 Å². The molecule has 1 fully saturated rings. The van der Waals surface area contributed by atoms with Gasteiger partial charge in [-0.25, -0.2) is 5.26 Å². The predicted molar refractivity (Wildman–Crippen MR) is 61.6 cm³/mol. The van der Waals surface area contributed by atoms with E-state index in [0.29, 0.717) is 12.8 Å². The quantitative estimate of drug-likeness (QED) is 0.457. The summed E-state index contributed by atoms with van der Waals surface area (Å²) in [5.41, 5.74) is -0.750. The standard InChI is InChI=1S/C12H21NO3/c1-6-10(14)9-7-11(2,3)13(16-15)12(4,5)8-9/h6,9,15H,1,7-8H2,2-5H3. The molecule has 0 bridgehead atoms. The van der Waals surface area contributed by atoms with Crippen LogP contribution in [0.2, 0.25) is 0 Å². The SMILES string of the molecule is C=CC(=O)C1CC(C)(C)N(OO)C(C)(C)C1. The largest absolute Gasteiger partial charge is 0.295 e. The maximum atomic E-state index is 11.7. The summed E-state index contributed by atoms with van der Waals surface area (Å²) < 4.78 is 0. The second-order valence-electron chi connectivity index (χ2n) is 5.71. The number of allylic oxidation sites excluding steroid dienone is 1. The van der Waals surface area contributed by atoms with Crippen molar-refractivity contribution in [3.05, 3.63) is 12.7 Å². The minimum Gasteiger partial charge on any atom is -0.295 e. The molecule has 1 rings (SSSR count). The van der Waals surface area contributed by atoms with E-state index in [0.717, 1.165) is 0 Å². The Morgan fingerprint density at radius 1 is 1.38 bits per heavy atom. The van der Waals surface area contributed by atoms with E-state index < -0.39 is 0 Å². The van der Waals surface area contributed by atoms with Gasteiger partial charge in [-0.05, 0) is 46.6 Å². The first-order valence-electron chi connectivity index (χ1n) is 5.53. The number of hydroxylamine groups is 2. The first-order valence-corrected chi connectivity index (χ1v) is 5.53. The molecule has 1 aliphatic heterocycles. The van der Waals surface area contributed by atoms with Crippen LogP contribution in [0.15, 0.2) is 12.7 Å². The molecular formula is C12H21NO3. The van der Waals surface area contributed by atoms with Crippen molar-refractivity contribution < 1.29 is 15.0 Å². The topological polar surface area (TPSA) is 49.8 Å². The number of hydrogen-bond donors (Lipinski definition) is 1. The van der Waals surface area contributed by atoms with Crippen molar-refractivity contribution in [1.82, 2.24) is 5.06 Å².